The molecule has 1 amide bonds. The first-order valence-electron chi connectivity index (χ1n) is 12.2. The zero-order valence-electron chi connectivity index (χ0n) is 20.6. The van der Waals surface area contributed by atoms with Gasteiger partial charge in [-0.05, 0) is 29.7 Å². The van der Waals surface area contributed by atoms with Gasteiger partial charge >= 0.3 is 0 Å². The average molecular weight is 477 g/mol. The third-order valence-corrected chi connectivity index (χ3v) is 8.77. The van der Waals surface area contributed by atoms with Gasteiger partial charge in [0.25, 0.3) is 0 Å². The number of morpholine rings is 2. The zero-order valence-corrected chi connectivity index (χ0v) is 21.6. The fourth-order valence-corrected chi connectivity index (χ4v) is 5.95. The third-order valence-electron chi connectivity index (χ3n) is 6.71. The number of carbonyl (C=O) groups excluding carboxylic acids is 1. The number of benzene rings is 2. The Labute approximate surface area is 204 Å². The fourth-order valence-electron chi connectivity index (χ4n) is 4.79. The molecule has 2 aromatic carbocycles. The Morgan fingerprint density at radius 3 is 2.15 bits per heavy atom. The van der Waals surface area contributed by atoms with Crippen molar-refractivity contribution in [2.24, 2.45) is 0 Å². The minimum absolute atomic E-state index is 0.0305. The molecule has 2 aliphatic rings. The third kappa shape index (κ3) is 6.77. The van der Waals surface area contributed by atoms with Crippen LogP contribution in [0.1, 0.15) is 16.7 Å². The molecule has 2 unspecified atom stereocenters. The Hall–Kier alpha value is -2.50. The summed E-state index contributed by atoms with van der Waals surface area (Å²) in [6, 6.07) is 18.7. The first-order valence-corrected chi connectivity index (χ1v) is 15.7. The maximum atomic E-state index is 12.5. The molecule has 0 aliphatic carbocycles. The van der Waals surface area contributed by atoms with Gasteiger partial charge in [0.1, 0.15) is 0 Å². The Morgan fingerprint density at radius 1 is 0.971 bits per heavy atom. The van der Waals surface area contributed by atoms with Gasteiger partial charge in [-0.1, -0.05) is 61.2 Å². The summed E-state index contributed by atoms with van der Waals surface area (Å²) >= 11 is 0. The van der Waals surface area contributed by atoms with Gasteiger partial charge in [0.15, 0.2) is 0 Å². The molecule has 2 saturated heterocycles. The molecule has 0 saturated carbocycles. The second-order valence-corrected chi connectivity index (χ2v) is 15.7. The van der Waals surface area contributed by atoms with Gasteiger partial charge in [0.05, 0.1) is 38.5 Å². The van der Waals surface area contributed by atoms with Crippen LogP contribution in [0.5, 0.6) is 0 Å². The van der Waals surface area contributed by atoms with Gasteiger partial charge in [0, 0.05) is 39.3 Å². The fraction of sp³-hybridized carbons (Fsp3) is 0.481. The van der Waals surface area contributed by atoms with E-state index in [0.717, 1.165) is 44.7 Å². The Bertz CT molecular complexity index is 997. The Balaban J connectivity index is 1.20. The molecule has 4 rings (SSSR count). The van der Waals surface area contributed by atoms with Crippen molar-refractivity contribution in [1.29, 1.82) is 5.26 Å². The highest BCUT2D eigenvalue weighted by Gasteiger charge is 2.35. The van der Waals surface area contributed by atoms with Gasteiger partial charge in [-0.3, -0.25) is 14.6 Å². The highest BCUT2D eigenvalue weighted by Crippen LogP contribution is 2.19. The summed E-state index contributed by atoms with van der Waals surface area (Å²) in [5.41, 5.74) is 3.03. The van der Waals surface area contributed by atoms with Crippen LogP contribution in [-0.2, 0) is 22.5 Å². The van der Waals surface area contributed by atoms with Crippen LogP contribution in [0.4, 0.5) is 0 Å². The number of hydrogen-bond acceptors (Lipinski definition) is 5. The monoisotopic (exact) mass is 476 g/mol. The maximum absolute atomic E-state index is 12.5. The molecule has 180 valence electrons. The highest BCUT2D eigenvalue weighted by atomic mass is 28.3. The van der Waals surface area contributed by atoms with Gasteiger partial charge in [0.2, 0.25) is 5.91 Å². The molecule has 34 heavy (non-hydrogen) atoms. The lowest BCUT2D eigenvalue weighted by molar-refractivity contribution is -0.144. The van der Waals surface area contributed by atoms with Gasteiger partial charge < -0.3 is 10.1 Å². The molecule has 0 aromatic heterocycles. The van der Waals surface area contributed by atoms with Crippen molar-refractivity contribution in [2.75, 3.05) is 39.3 Å². The molecule has 2 heterocycles. The van der Waals surface area contributed by atoms with Crippen LogP contribution in [0.3, 0.4) is 0 Å². The molecule has 0 spiro atoms. The number of carbonyl (C=O) groups is 1. The standard InChI is InChI=1S/C27H36N4O2Si/c1-34(2,3)26-10-8-21(9-11-26)12-13-30-16-24-18-31(19-25(17-30)33-24)20-27(32)29-15-23-6-4-22(14-28)5-7-23/h4-11,24-25H,12-13,15-20H2,1-3H3,(H,29,32). The van der Waals surface area contributed by atoms with E-state index in [4.69, 9.17) is 10.00 Å². The first-order chi connectivity index (χ1) is 16.3. The molecule has 2 aliphatic heterocycles. The van der Waals surface area contributed by atoms with E-state index in [-0.39, 0.29) is 18.1 Å². The number of amides is 1. The maximum Gasteiger partial charge on any atom is 0.234 e. The van der Waals surface area contributed by atoms with Crippen LogP contribution in [0.2, 0.25) is 19.6 Å². The molecule has 2 fully saturated rings. The first kappa shape index (κ1) is 24.6. The normalized spacial score (nSPS) is 21.1. The Kier molecular flexibility index (Phi) is 7.84. The van der Waals surface area contributed by atoms with E-state index < -0.39 is 8.07 Å². The molecular weight excluding hydrogens is 440 g/mol. The lowest BCUT2D eigenvalue weighted by Gasteiger charge is -2.45. The van der Waals surface area contributed by atoms with E-state index in [1.165, 1.54) is 10.8 Å². The van der Waals surface area contributed by atoms with Crippen molar-refractivity contribution in [1.82, 2.24) is 15.1 Å². The van der Waals surface area contributed by atoms with Crippen molar-refractivity contribution in [3.05, 3.63) is 65.2 Å². The van der Waals surface area contributed by atoms with Crippen LogP contribution in [-0.4, -0.2) is 75.3 Å². The summed E-state index contributed by atoms with van der Waals surface area (Å²) in [5.74, 6) is 0.0305. The summed E-state index contributed by atoms with van der Waals surface area (Å²) < 4.78 is 6.18. The number of nitrogens with one attached hydrogen (secondary N) is 1. The minimum Gasteiger partial charge on any atom is -0.370 e. The second-order valence-electron chi connectivity index (χ2n) is 10.6. The molecule has 2 atom stereocenters. The number of nitrogens with zero attached hydrogens (tertiary/aromatic N) is 3. The lowest BCUT2D eigenvalue weighted by atomic mass is 10.1. The van der Waals surface area contributed by atoms with Crippen LogP contribution in [0, 0.1) is 11.3 Å². The zero-order chi connectivity index (χ0) is 24.1. The lowest BCUT2D eigenvalue weighted by Crippen LogP contribution is -2.60. The Morgan fingerprint density at radius 2 is 1.56 bits per heavy atom. The van der Waals surface area contributed by atoms with Gasteiger partial charge in [-0.2, -0.15) is 5.26 Å². The van der Waals surface area contributed by atoms with Crippen molar-refractivity contribution in [2.45, 2.75) is 44.8 Å². The molecule has 1 N–H and O–H groups in total. The summed E-state index contributed by atoms with van der Waals surface area (Å²) in [7, 11) is -1.24. The van der Waals surface area contributed by atoms with E-state index in [1.54, 1.807) is 12.1 Å². The molecule has 2 aromatic rings. The number of nitriles is 1. The number of fused-ring (bicyclic) bond motifs is 2. The summed E-state index contributed by atoms with van der Waals surface area (Å²) in [5, 5.41) is 13.4. The van der Waals surface area contributed by atoms with Crippen LogP contribution < -0.4 is 10.5 Å². The number of rotatable bonds is 8. The quantitative estimate of drug-likeness (QED) is 0.593. The molecule has 0 radical (unpaired) electrons. The predicted octanol–water partition coefficient (Wildman–Crippen LogP) is 2.35. The topological polar surface area (TPSA) is 68.6 Å². The number of hydrogen-bond donors (Lipinski definition) is 1. The smallest absolute Gasteiger partial charge is 0.234 e. The highest BCUT2D eigenvalue weighted by molar-refractivity contribution is 6.88. The summed E-state index contributed by atoms with van der Waals surface area (Å²) in [6.45, 7) is 12.5. The molecule has 6 nitrogen and oxygen atoms in total. The van der Waals surface area contributed by atoms with Crippen LogP contribution >= 0.6 is 0 Å². The summed E-state index contributed by atoms with van der Waals surface area (Å²) in [6.07, 6.45) is 1.38. The predicted molar refractivity (Wildman–Crippen MR) is 138 cm³/mol. The van der Waals surface area contributed by atoms with Crippen molar-refractivity contribution in [3.63, 3.8) is 0 Å². The van der Waals surface area contributed by atoms with E-state index in [0.29, 0.717) is 18.7 Å². The van der Waals surface area contributed by atoms with E-state index in [9.17, 15) is 4.79 Å². The van der Waals surface area contributed by atoms with Gasteiger partial charge in [-0.15, -0.1) is 0 Å². The van der Waals surface area contributed by atoms with Crippen LogP contribution in [0.25, 0.3) is 0 Å². The van der Waals surface area contributed by atoms with Crippen LogP contribution in [0.15, 0.2) is 48.5 Å². The molecule has 2 bridgehead atoms. The SMILES string of the molecule is C[Si](C)(C)c1ccc(CCN2CC3CN(CC(=O)NCc4ccc(C#N)cc4)CC(C2)O3)cc1. The van der Waals surface area contributed by atoms with E-state index in [2.05, 4.69) is 65.1 Å². The largest absolute Gasteiger partial charge is 0.370 e. The minimum atomic E-state index is -1.24. The second kappa shape index (κ2) is 10.8. The summed E-state index contributed by atoms with van der Waals surface area (Å²) in [4.78, 5) is 17.2. The van der Waals surface area contributed by atoms with Crippen molar-refractivity contribution in [3.8, 4) is 6.07 Å². The number of ether oxygens (including phenoxy) is 1. The van der Waals surface area contributed by atoms with E-state index >= 15 is 0 Å². The van der Waals surface area contributed by atoms with Crippen molar-refractivity contribution >= 4 is 19.2 Å². The van der Waals surface area contributed by atoms with E-state index in [1.807, 2.05) is 12.1 Å². The molecule has 7 heteroatoms. The molecular formula is C27H36N4O2Si. The van der Waals surface area contributed by atoms with Gasteiger partial charge in [-0.25, -0.2) is 0 Å². The van der Waals surface area contributed by atoms with Crippen molar-refractivity contribution < 1.29 is 9.53 Å². The average Bonchev–Trinajstić information content (AvgIpc) is 2.81.